The first-order valence-electron chi connectivity index (χ1n) is 5.71. The third-order valence-corrected chi connectivity index (χ3v) is 3.16. The van der Waals surface area contributed by atoms with E-state index < -0.39 is 5.41 Å². The molecule has 0 radical (unpaired) electrons. The molecule has 0 amide bonds. The molecule has 1 aliphatic rings. The molecule has 1 heterocycles. The Balaban J connectivity index is 2.24. The Morgan fingerprint density at radius 1 is 0.833 bits per heavy atom. The molecular formula is C15H11NO2. The molecule has 3 rings (SSSR count). The predicted molar refractivity (Wildman–Crippen MR) is 68.2 cm³/mol. The van der Waals surface area contributed by atoms with Crippen LogP contribution in [0.4, 0.5) is 0 Å². The average Bonchev–Trinajstić information content (AvgIpc) is 2.84. The van der Waals surface area contributed by atoms with Crippen LogP contribution < -0.4 is 0 Å². The molecule has 0 atom stereocenters. The highest BCUT2D eigenvalue weighted by atomic mass is 16.7. The second-order valence-electron chi connectivity index (χ2n) is 4.15. The van der Waals surface area contributed by atoms with Gasteiger partial charge in [0.25, 0.3) is 0 Å². The fraction of sp³-hybridized carbons (Fsp3) is 0.0667. The maximum atomic E-state index is 12.1. The van der Waals surface area contributed by atoms with E-state index in [0.29, 0.717) is 0 Å². The number of carbonyl (C=O) groups is 1. The highest BCUT2D eigenvalue weighted by molar-refractivity contribution is 6.08. The van der Waals surface area contributed by atoms with E-state index in [0.717, 1.165) is 11.1 Å². The van der Waals surface area contributed by atoms with Crippen molar-refractivity contribution in [1.82, 2.24) is 0 Å². The summed E-state index contributed by atoms with van der Waals surface area (Å²) >= 11 is 0. The van der Waals surface area contributed by atoms with Gasteiger partial charge in [-0.3, -0.25) is 0 Å². The lowest BCUT2D eigenvalue weighted by molar-refractivity contribution is -0.143. The van der Waals surface area contributed by atoms with Crippen molar-refractivity contribution in [3.8, 4) is 0 Å². The van der Waals surface area contributed by atoms with Crippen LogP contribution in [0.25, 0.3) is 0 Å². The summed E-state index contributed by atoms with van der Waals surface area (Å²) in [6.45, 7) is 0. The SMILES string of the molecule is O=C1ON=CC1(c1ccccc1)c1ccccc1. The van der Waals surface area contributed by atoms with Crippen molar-refractivity contribution < 1.29 is 9.63 Å². The van der Waals surface area contributed by atoms with Crippen molar-refractivity contribution in [3.63, 3.8) is 0 Å². The zero-order chi connectivity index (χ0) is 12.4. The third-order valence-electron chi connectivity index (χ3n) is 3.16. The zero-order valence-electron chi connectivity index (χ0n) is 9.61. The van der Waals surface area contributed by atoms with Gasteiger partial charge in [0.05, 0.1) is 6.21 Å². The molecule has 88 valence electrons. The maximum Gasteiger partial charge on any atom is 0.355 e. The number of hydrogen-bond acceptors (Lipinski definition) is 3. The molecule has 2 aromatic carbocycles. The summed E-state index contributed by atoms with van der Waals surface area (Å²) in [4.78, 5) is 17.0. The monoisotopic (exact) mass is 237 g/mol. The van der Waals surface area contributed by atoms with E-state index >= 15 is 0 Å². The number of hydrogen-bond donors (Lipinski definition) is 0. The van der Waals surface area contributed by atoms with Crippen molar-refractivity contribution in [2.45, 2.75) is 5.41 Å². The standard InChI is InChI=1S/C15H11NO2/c17-14-15(11-16-18-14,12-7-3-1-4-8-12)13-9-5-2-6-10-13/h1-11H. The summed E-state index contributed by atoms with van der Waals surface area (Å²) in [6, 6.07) is 19.1. The zero-order valence-corrected chi connectivity index (χ0v) is 9.61. The minimum Gasteiger partial charge on any atom is -0.317 e. The smallest absolute Gasteiger partial charge is 0.317 e. The number of carbonyl (C=O) groups excluding carboxylic acids is 1. The van der Waals surface area contributed by atoms with Crippen molar-refractivity contribution in [3.05, 3.63) is 71.8 Å². The van der Waals surface area contributed by atoms with Crippen LogP contribution in [0.1, 0.15) is 11.1 Å². The predicted octanol–water partition coefficient (Wildman–Crippen LogP) is 2.52. The molecule has 0 N–H and O–H groups in total. The van der Waals surface area contributed by atoms with E-state index in [2.05, 4.69) is 5.16 Å². The third kappa shape index (κ3) is 1.44. The first-order valence-corrected chi connectivity index (χ1v) is 5.71. The van der Waals surface area contributed by atoms with Gasteiger partial charge in [-0.2, -0.15) is 0 Å². The molecule has 0 unspecified atom stereocenters. The lowest BCUT2D eigenvalue weighted by Crippen LogP contribution is -2.35. The van der Waals surface area contributed by atoms with Gasteiger partial charge in [-0.25, -0.2) is 4.79 Å². The molecular weight excluding hydrogens is 226 g/mol. The summed E-state index contributed by atoms with van der Waals surface area (Å²) in [5.74, 6) is -0.361. The lowest BCUT2D eigenvalue weighted by atomic mass is 9.76. The molecule has 0 spiro atoms. The molecule has 2 aromatic rings. The highest BCUT2D eigenvalue weighted by Gasteiger charge is 2.46. The van der Waals surface area contributed by atoms with E-state index in [9.17, 15) is 4.79 Å². The van der Waals surface area contributed by atoms with E-state index in [-0.39, 0.29) is 5.97 Å². The summed E-state index contributed by atoms with van der Waals surface area (Å²) in [6.07, 6.45) is 1.57. The number of rotatable bonds is 2. The van der Waals surface area contributed by atoms with Crippen molar-refractivity contribution >= 4 is 12.2 Å². The number of oxime groups is 1. The van der Waals surface area contributed by atoms with Crippen LogP contribution in [0, 0.1) is 0 Å². The van der Waals surface area contributed by atoms with Gasteiger partial charge < -0.3 is 4.84 Å². The molecule has 1 aliphatic heterocycles. The van der Waals surface area contributed by atoms with Crippen LogP contribution in [0.5, 0.6) is 0 Å². The Morgan fingerprint density at radius 2 is 1.33 bits per heavy atom. The first-order chi connectivity index (χ1) is 8.84. The minimum atomic E-state index is -0.914. The minimum absolute atomic E-state index is 0.361. The molecule has 0 fully saturated rings. The Bertz CT molecular complexity index is 551. The van der Waals surface area contributed by atoms with Crippen molar-refractivity contribution in [2.24, 2.45) is 5.16 Å². The fourth-order valence-corrected chi connectivity index (χ4v) is 2.23. The van der Waals surface area contributed by atoms with Crippen LogP contribution in [0.3, 0.4) is 0 Å². The van der Waals surface area contributed by atoms with Gasteiger partial charge in [0.1, 0.15) is 0 Å². The molecule has 18 heavy (non-hydrogen) atoms. The Hall–Kier alpha value is -2.42. The van der Waals surface area contributed by atoms with Crippen LogP contribution in [0.15, 0.2) is 65.8 Å². The van der Waals surface area contributed by atoms with E-state index in [1.165, 1.54) is 0 Å². The quantitative estimate of drug-likeness (QED) is 0.753. The van der Waals surface area contributed by atoms with Gasteiger partial charge in [0, 0.05) is 0 Å². The molecule has 3 nitrogen and oxygen atoms in total. The summed E-state index contributed by atoms with van der Waals surface area (Å²) in [5.41, 5.74) is 0.813. The van der Waals surface area contributed by atoms with Crippen LogP contribution >= 0.6 is 0 Å². The van der Waals surface area contributed by atoms with Crippen LogP contribution in [0.2, 0.25) is 0 Å². The summed E-state index contributed by atoms with van der Waals surface area (Å²) < 4.78 is 0. The van der Waals surface area contributed by atoms with Crippen molar-refractivity contribution in [2.75, 3.05) is 0 Å². The Labute approximate surface area is 105 Å². The molecule has 0 saturated heterocycles. The summed E-state index contributed by atoms with van der Waals surface area (Å²) in [5, 5.41) is 3.70. The Morgan fingerprint density at radius 3 is 1.72 bits per heavy atom. The topological polar surface area (TPSA) is 38.7 Å². The number of benzene rings is 2. The molecule has 3 heteroatoms. The molecule has 0 saturated carbocycles. The van der Waals surface area contributed by atoms with E-state index in [1.54, 1.807) is 6.21 Å². The van der Waals surface area contributed by atoms with Gasteiger partial charge >= 0.3 is 5.97 Å². The molecule has 0 aliphatic carbocycles. The van der Waals surface area contributed by atoms with Gasteiger partial charge in [0.15, 0.2) is 5.41 Å². The van der Waals surface area contributed by atoms with Crippen LogP contribution in [-0.4, -0.2) is 12.2 Å². The van der Waals surface area contributed by atoms with Gasteiger partial charge in [-0.05, 0) is 11.1 Å². The second kappa shape index (κ2) is 4.11. The second-order valence-corrected chi connectivity index (χ2v) is 4.15. The maximum absolute atomic E-state index is 12.1. The lowest BCUT2D eigenvalue weighted by Gasteiger charge is -2.22. The molecule has 0 bridgehead atoms. The largest absolute Gasteiger partial charge is 0.355 e. The normalized spacial score (nSPS) is 16.6. The fourth-order valence-electron chi connectivity index (χ4n) is 2.23. The van der Waals surface area contributed by atoms with Crippen LogP contribution in [-0.2, 0) is 15.0 Å². The average molecular weight is 237 g/mol. The molecule has 0 aromatic heterocycles. The van der Waals surface area contributed by atoms with E-state index in [4.69, 9.17) is 4.84 Å². The van der Waals surface area contributed by atoms with Crippen molar-refractivity contribution in [1.29, 1.82) is 0 Å². The number of nitrogens with zero attached hydrogens (tertiary/aromatic N) is 1. The summed E-state index contributed by atoms with van der Waals surface area (Å²) in [7, 11) is 0. The van der Waals surface area contributed by atoms with Gasteiger partial charge in [0.2, 0.25) is 0 Å². The first kappa shape index (κ1) is 10.7. The van der Waals surface area contributed by atoms with E-state index in [1.807, 2.05) is 60.7 Å². The van der Waals surface area contributed by atoms with Gasteiger partial charge in [-0.1, -0.05) is 65.8 Å². The van der Waals surface area contributed by atoms with Gasteiger partial charge in [-0.15, -0.1) is 0 Å². The Kier molecular flexibility index (Phi) is 2.45. The highest BCUT2D eigenvalue weighted by Crippen LogP contribution is 2.34.